The molecule has 1 aliphatic rings. The molecule has 1 aromatic rings. The summed E-state index contributed by atoms with van der Waals surface area (Å²) in [6, 6.07) is 3.58. The van der Waals surface area contributed by atoms with Crippen LogP contribution in [0.25, 0.3) is 0 Å². The van der Waals surface area contributed by atoms with E-state index in [0.29, 0.717) is 31.4 Å². The van der Waals surface area contributed by atoms with Crippen LogP contribution in [0.3, 0.4) is 0 Å². The van der Waals surface area contributed by atoms with Crippen molar-refractivity contribution in [3.8, 4) is 0 Å². The van der Waals surface area contributed by atoms with Crippen LogP contribution >= 0.6 is 0 Å². The summed E-state index contributed by atoms with van der Waals surface area (Å²) in [7, 11) is 3.09. The fourth-order valence-electron chi connectivity index (χ4n) is 2.65. The summed E-state index contributed by atoms with van der Waals surface area (Å²) >= 11 is 0. The van der Waals surface area contributed by atoms with Gasteiger partial charge in [-0.05, 0) is 25.0 Å². The van der Waals surface area contributed by atoms with Crippen molar-refractivity contribution in [3.63, 3.8) is 0 Å². The van der Waals surface area contributed by atoms with Crippen LogP contribution < -0.4 is 10.6 Å². The molecule has 1 aromatic heterocycles. The molecule has 24 heavy (non-hydrogen) atoms. The molecule has 8 nitrogen and oxygen atoms in total. The SMILES string of the molecule is CN=C(NCC(=O)NCc1ccco1)N1CCC(C(=O)OC)CC1. The lowest BCUT2D eigenvalue weighted by Gasteiger charge is -2.33. The van der Waals surface area contributed by atoms with E-state index in [-0.39, 0.29) is 24.3 Å². The molecule has 0 unspecified atom stereocenters. The van der Waals surface area contributed by atoms with Crippen LogP contribution in [0.4, 0.5) is 0 Å². The smallest absolute Gasteiger partial charge is 0.308 e. The summed E-state index contributed by atoms with van der Waals surface area (Å²) in [5.74, 6) is 1.01. The molecule has 132 valence electrons. The normalized spacial score (nSPS) is 15.9. The Morgan fingerprint density at radius 3 is 2.71 bits per heavy atom. The number of hydrogen-bond acceptors (Lipinski definition) is 5. The van der Waals surface area contributed by atoms with Crippen molar-refractivity contribution in [2.24, 2.45) is 10.9 Å². The predicted molar refractivity (Wildman–Crippen MR) is 88.2 cm³/mol. The van der Waals surface area contributed by atoms with Gasteiger partial charge in [-0.1, -0.05) is 0 Å². The van der Waals surface area contributed by atoms with Crippen LogP contribution in [0, 0.1) is 5.92 Å². The molecule has 0 aliphatic carbocycles. The second-order valence-corrected chi connectivity index (χ2v) is 5.54. The predicted octanol–water partition coefficient (Wildman–Crippen LogP) is 0.356. The third kappa shape index (κ3) is 5.00. The molecule has 2 heterocycles. The quantitative estimate of drug-likeness (QED) is 0.458. The summed E-state index contributed by atoms with van der Waals surface area (Å²) in [6.45, 7) is 1.89. The fourth-order valence-corrected chi connectivity index (χ4v) is 2.65. The fraction of sp³-hybridized carbons (Fsp3) is 0.562. The molecule has 0 aromatic carbocycles. The summed E-state index contributed by atoms with van der Waals surface area (Å²) in [4.78, 5) is 29.7. The minimum atomic E-state index is -0.157. The maximum atomic E-state index is 11.9. The Balaban J connectivity index is 1.72. The molecule has 0 bridgehead atoms. The zero-order chi connectivity index (χ0) is 17.4. The Morgan fingerprint density at radius 2 is 2.12 bits per heavy atom. The first-order chi connectivity index (χ1) is 11.6. The van der Waals surface area contributed by atoms with Crippen LogP contribution in [0.15, 0.2) is 27.8 Å². The number of guanidine groups is 1. The largest absolute Gasteiger partial charge is 0.469 e. The number of nitrogens with one attached hydrogen (secondary N) is 2. The van der Waals surface area contributed by atoms with Gasteiger partial charge in [0.2, 0.25) is 5.91 Å². The number of rotatable bonds is 5. The molecule has 0 saturated carbocycles. The van der Waals surface area contributed by atoms with Gasteiger partial charge < -0.3 is 24.7 Å². The Labute approximate surface area is 141 Å². The topological polar surface area (TPSA) is 96.2 Å². The first-order valence-corrected chi connectivity index (χ1v) is 7.96. The highest BCUT2D eigenvalue weighted by molar-refractivity contribution is 5.86. The lowest BCUT2D eigenvalue weighted by molar-refractivity contribution is -0.146. The van der Waals surface area contributed by atoms with Crippen LogP contribution in [0.1, 0.15) is 18.6 Å². The third-order valence-electron chi connectivity index (χ3n) is 3.99. The van der Waals surface area contributed by atoms with Gasteiger partial charge in [0.15, 0.2) is 5.96 Å². The number of carbonyl (C=O) groups is 2. The van der Waals surface area contributed by atoms with Crippen molar-refractivity contribution in [2.75, 3.05) is 33.8 Å². The highest BCUT2D eigenvalue weighted by Gasteiger charge is 2.27. The Hall–Kier alpha value is -2.51. The summed E-state index contributed by atoms with van der Waals surface area (Å²) in [6.07, 6.45) is 3.01. The minimum absolute atomic E-state index is 0.0547. The van der Waals surface area contributed by atoms with Crippen LogP contribution in [0.5, 0.6) is 0 Å². The second-order valence-electron chi connectivity index (χ2n) is 5.54. The first-order valence-electron chi connectivity index (χ1n) is 7.96. The number of esters is 1. The van der Waals surface area contributed by atoms with E-state index < -0.39 is 0 Å². The van der Waals surface area contributed by atoms with E-state index in [2.05, 4.69) is 15.6 Å². The zero-order valence-electron chi connectivity index (χ0n) is 14.1. The number of nitrogens with zero attached hydrogens (tertiary/aromatic N) is 2. The number of methoxy groups -OCH3 is 1. The van der Waals surface area contributed by atoms with Crippen molar-refractivity contribution < 1.29 is 18.7 Å². The van der Waals surface area contributed by atoms with Crippen LogP contribution in [-0.2, 0) is 20.9 Å². The molecule has 2 rings (SSSR count). The van der Waals surface area contributed by atoms with E-state index in [1.165, 1.54) is 7.11 Å². The van der Waals surface area contributed by atoms with Gasteiger partial charge in [0.25, 0.3) is 0 Å². The number of amides is 1. The average molecular weight is 336 g/mol. The van der Waals surface area contributed by atoms with E-state index in [0.717, 1.165) is 12.8 Å². The van der Waals surface area contributed by atoms with Gasteiger partial charge in [0, 0.05) is 20.1 Å². The lowest BCUT2D eigenvalue weighted by atomic mass is 9.97. The second kappa shape index (κ2) is 8.95. The standard InChI is InChI=1S/C16H24N4O4/c1-17-16(20-7-5-12(6-8-20)15(22)23-2)19-11-14(21)18-10-13-4-3-9-24-13/h3-4,9,12H,5-8,10-11H2,1-2H3,(H,17,19)(H,18,21). The molecular formula is C16H24N4O4. The van der Waals surface area contributed by atoms with Crippen molar-refractivity contribution in [1.82, 2.24) is 15.5 Å². The van der Waals surface area contributed by atoms with E-state index in [4.69, 9.17) is 9.15 Å². The van der Waals surface area contributed by atoms with Gasteiger partial charge in [-0.2, -0.15) is 0 Å². The van der Waals surface area contributed by atoms with Crippen molar-refractivity contribution in [2.45, 2.75) is 19.4 Å². The van der Waals surface area contributed by atoms with Gasteiger partial charge in [-0.25, -0.2) is 0 Å². The van der Waals surface area contributed by atoms with Crippen molar-refractivity contribution >= 4 is 17.8 Å². The van der Waals surface area contributed by atoms with Gasteiger partial charge in [0.05, 0.1) is 32.4 Å². The number of hydrogen-bond donors (Lipinski definition) is 2. The number of carbonyl (C=O) groups excluding carboxylic acids is 2. The Bertz CT molecular complexity index is 563. The molecule has 1 amide bonds. The van der Waals surface area contributed by atoms with E-state index in [9.17, 15) is 9.59 Å². The molecular weight excluding hydrogens is 312 g/mol. The molecule has 0 atom stereocenters. The monoisotopic (exact) mass is 336 g/mol. The van der Waals surface area contributed by atoms with E-state index >= 15 is 0 Å². The highest BCUT2D eigenvalue weighted by atomic mass is 16.5. The molecule has 0 radical (unpaired) electrons. The number of aliphatic imine (C=N–C) groups is 1. The maximum Gasteiger partial charge on any atom is 0.308 e. The van der Waals surface area contributed by atoms with Crippen LogP contribution in [-0.4, -0.2) is 56.5 Å². The van der Waals surface area contributed by atoms with Crippen molar-refractivity contribution in [1.29, 1.82) is 0 Å². The van der Waals surface area contributed by atoms with Crippen LogP contribution in [0.2, 0.25) is 0 Å². The minimum Gasteiger partial charge on any atom is -0.469 e. The van der Waals surface area contributed by atoms with E-state index in [1.807, 2.05) is 4.90 Å². The average Bonchev–Trinajstić information content (AvgIpc) is 3.14. The summed E-state index contributed by atoms with van der Waals surface area (Å²) in [5, 5.41) is 5.81. The Kier molecular flexibility index (Phi) is 6.65. The van der Waals surface area contributed by atoms with Crippen molar-refractivity contribution in [3.05, 3.63) is 24.2 Å². The molecule has 1 fully saturated rings. The first kappa shape index (κ1) is 17.8. The van der Waals surface area contributed by atoms with Gasteiger partial charge >= 0.3 is 5.97 Å². The third-order valence-corrected chi connectivity index (χ3v) is 3.99. The number of furan rings is 1. The summed E-state index contributed by atoms with van der Waals surface area (Å²) in [5.41, 5.74) is 0. The molecule has 0 spiro atoms. The van der Waals surface area contributed by atoms with Gasteiger partial charge in [-0.15, -0.1) is 0 Å². The molecule has 8 heteroatoms. The summed E-state index contributed by atoms with van der Waals surface area (Å²) < 4.78 is 9.94. The Morgan fingerprint density at radius 1 is 1.38 bits per heavy atom. The molecule has 2 N–H and O–H groups in total. The van der Waals surface area contributed by atoms with Gasteiger partial charge in [0.1, 0.15) is 5.76 Å². The van der Waals surface area contributed by atoms with Gasteiger partial charge in [-0.3, -0.25) is 14.6 Å². The number of piperidine rings is 1. The maximum absolute atomic E-state index is 11.9. The highest BCUT2D eigenvalue weighted by Crippen LogP contribution is 2.18. The molecule has 1 aliphatic heterocycles. The molecule has 1 saturated heterocycles. The zero-order valence-corrected chi connectivity index (χ0v) is 14.1. The lowest BCUT2D eigenvalue weighted by Crippen LogP contribution is -2.49. The van der Waals surface area contributed by atoms with E-state index in [1.54, 1.807) is 25.4 Å². The number of ether oxygens (including phenoxy) is 1. The number of likely N-dealkylation sites (tertiary alicyclic amines) is 1.